The van der Waals surface area contributed by atoms with E-state index in [0.717, 1.165) is 30.7 Å². The van der Waals surface area contributed by atoms with E-state index in [1.165, 1.54) is 0 Å². The summed E-state index contributed by atoms with van der Waals surface area (Å²) < 4.78 is 18.0. The van der Waals surface area contributed by atoms with Crippen molar-refractivity contribution in [3.05, 3.63) is 10.8 Å². The van der Waals surface area contributed by atoms with Crippen LogP contribution in [0.3, 0.4) is 0 Å². The molecule has 2 fully saturated rings. The van der Waals surface area contributed by atoms with Gasteiger partial charge in [0.05, 0.1) is 36.8 Å². The zero-order valence-corrected chi connectivity index (χ0v) is 18.3. The molecule has 2 aliphatic rings. The van der Waals surface area contributed by atoms with Crippen molar-refractivity contribution in [1.82, 2.24) is 9.97 Å². The summed E-state index contributed by atoms with van der Waals surface area (Å²) in [5.74, 6) is 0.571. The van der Waals surface area contributed by atoms with Crippen molar-refractivity contribution in [2.24, 2.45) is 5.92 Å². The highest BCUT2D eigenvalue weighted by atomic mass is 35.5. The van der Waals surface area contributed by atoms with E-state index in [-0.39, 0.29) is 30.8 Å². The van der Waals surface area contributed by atoms with Crippen LogP contribution in [0.4, 0.5) is 5.69 Å². The number of rotatable bonds is 9. The maximum Gasteiger partial charge on any atom is 0.189 e. The molecule has 0 spiro atoms. The summed E-state index contributed by atoms with van der Waals surface area (Å²) in [4.78, 5) is 8.89. The van der Waals surface area contributed by atoms with Crippen LogP contribution in [0.5, 0.6) is 0 Å². The predicted molar refractivity (Wildman–Crippen MR) is 110 cm³/mol. The van der Waals surface area contributed by atoms with Gasteiger partial charge in [-0.05, 0) is 45.4 Å². The van der Waals surface area contributed by atoms with Gasteiger partial charge in [-0.3, -0.25) is 0 Å². The van der Waals surface area contributed by atoms with E-state index in [2.05, 4.69) is 16.9 Å². The third-order valence-corrected chi connectivity index (χ3v) is 6.44. The zero-order valence-electron chi connectivity index (χ0n) is 16.7. The van der Waals surface area contributed by atoms with Gasteiger partial charge in [0.1, 0.15) is 6.10 Å². The first kappa shape index (κ1) is 22.1. The quantitative estimate of drug-likeness (QED) is 0.349. The van der Waals surface area contributed by atoms with Gasteiger partial charge in [-0.2, -0.15) is 0 Å². The minimum Gasteiger partial charge on any atom is -0.395 e. The van der Waals surface area contributed by atoms with Crippen molar-refractivity contribution in [3.63, 3.8) is 0 Å². The Bertz CT molecular complexity index is 679. The van der Waals surface area contributed by atoms with Crippen LogP contribution < -0.4 is 5.73 Å². The summed E-state index contributed by atoms with van der Waals surface area (Å²) in [5.41, 5.74) is 7.37. The van der Waals surface area contributed by atoms with Crippen molar-refractivity contribution >= 4 is 29.1 Å². The molecule has 4 atom stereocenters. The number of nitrogen functional groups attached to an aromatic ring is 1. The van der Waals surface area contributed by atoms with Crippen molar-refractivity contribution < 1.29 is 19.3 Å². The van der Waals surface area contributed by atoms with Crippen LogP contribution in [0.25, 0.3) is 0 Å². The maximum absolute atomic E-state index is 9.09. The Labute approximate surface area is 175 Å². The first-order chi connectivity index (χ1) is 13.3. The molecule has 2 heterocycles. The second-order valence-corrected chi connectivity index (χ2v) is 9.16. The van der Waals surface area contributed by atoms with Crippen LogP contribution in [0.1, 0.15) is 45.7 Å². The van der Waals surface area contributed by atoms with Crippen LogP contribution in [0, 0.1) is 5.92 Å². The highest BCUT2D eigenvalue weighted by Crippen LogP contribution is 2.44. The number of halogens is 1. The van der Waals surface area contributed by atoms with Crippen LogP contribution in [0.2, 0.25) is 5.15 Å². The van der Waals surface area contributed by atoms with Gasteiger partial charge in [0.15, 0.2) is 16.1 Å². The molecule has 7 nitrogen and oxygen atoms in total. The minimum atomic E-state index is -0.629. The third-order valence-electron chi connectivity index (χ3n) is 5.10. The zero-order chi connectivity index (χ0) is 20.3. The molecule has 0 aromatic carbocycles. The monoisotopic (exact) mass is 431 g/mol. The molecule has 1 aliphatic heterocycles. The number of anilines is 1. The Morgan fingerprint density at radius 1 is 1.32 bits per heavy atom. The molecule has 0 amide bonds. The molecule has 3 rings (SSSR count). The van der Waals surface area contributed by atoms with Crippen molar-refractivity contribution in [2.75, 3.05) is 24.7 Å². The lowest BCUT2D eigenvalue weighted by Crippen LogP contribution is -2.31. The molecule has 158 valence electrons. The normalized spacial score (nSPS) is 28.6. The number of nitrogens with zero attached hydrogens (tertiary/aromatic N) is 2. The van der Waals surface area contributed by atoms with E-state index in [1.807, 2.05) is 13.8 Å². The molecule has 1 aromatic heterocycles. The average Bonchev–Trinajstić information content (AvgIpc) is 3.13. The maximum atomic E-state index is 9.09. The summed E-state index contributed by atoms with van der Waals surface area (Å²) in [6, 6.07) is 0. The number of hydrogen-bond acceptors (Lipinski definition) is 8. The Morgan fingerprint density at radius 3 is 2.79 bits per heavy atom. The number of aliphatic hydroxyl groups excluding tert-OH is 1. The highest BCUT2D eigenvalue weighted by Gasteiger charge is 2.54. The van der Waals surface area contributed by atoms with Crippen LogP contribution in [-0.4, -0.2) is 58.1 Å². The van der Waals surface area contributed by atoms with E-state index >= 15 is 0 Å². The van der Waals surface area contributed by atoms with Gasteiger partial charge in [0.25, 0.3) is 0 Å². The summed E-state index contributed by atoms with van der Waals surface area (Å²) in [6.07, 6.45) is 3.17. The summed E-state index contributed by atoms with van der Waals surface area (Å²) >= 11 is 7.81. The lowest BCUT2D eigenvalue weighted by atomic mass is 9.97. The van der Waals surface area contributed by atoms with Crippen molar-refractivity contribution in [2.45, 2.75) is 75.7 Å². The van der Waals surface area contributed by atoms with E-state index in [4.69, 9.17) is 36.7 Å². The number of hydrogen-bond donors (Lipinski definition) is 2. The fourth-order valence-electron chi connectivity index (χ4n) is 3.92. The molecule has 28 heavy (non-hydrogen) atoms. The van der Waals surface area contributed by atoms with Crippen molar-refractivity contribution in [1.29, 1.82) is 0 Å². The lowest BCUT2D eigenvalue weighted by Gasteiger charge is -2.23. The lowest BCUT2D eigenvalue weighted by molar-refractivity contribution is -0.171. The van der Waals surface area contributed by atoms with Gasteiger partial charge in [0, 0.05) is 5.75 Å². The predicted octanol–water partition coefficient (Wildman–Crippen LogP) is 3.06. The van der Waals surface area contributed by atoms with Crippen molar-refractivity contribution in [3.8, 4) is 0 Å². The highest BCUT2D eigenvalue weighted by molar-refractivity contribution is 7.99. The van der Waals surface area contributed by atoms with Crippen LogP contribution in [0.15, 0.2) is 5.16 Å². The molecule has 0 unspecified atom stereocenters. The van der Waals surface area contributed by atoms with E-state index in [9.17, 15) is 0 Å². The molecule has 1 saturated heterocycles. The number of thioether (sulfide) groups is 1. The van der Waals surface area contributed by atoms with Gasteiger partial charge in [0.2, 0.25) is 0 Å². The Morgan fingerprint density at radius 2 is 2.07 bits per heavy atom. The summed E-state index contributed by atoms with van der Waals surface area (Å²) in [5, 5.41) is 10.1. The fraction of sp³-hybridized carbons (Fsp3) is 0.789. The second kappa shape index (κ2) is 9.45. The standard InChI is InChI=1S/C19H30ClN3O4S/c1-4-9-28-18-22-12(14(21)17(20)23-18)6-5-11-10-13(25-8-7-24)16-15(11)26-19(2,3)27-16/h11,13,15-16,24H,4-10,21H2,1-3H3/t11-,13+,15+,16-/m1/s1. The number of aromatic nitrogens is 2. The molecule has 1 aromatic rings. The van der Waals surface area contributed by atoms with Gasteiger partial charge in [-0.1, -0.05) is 30.3 Å². The fourth-order valence-corrected chi connectivity index (χ4v) is 4.88. The van der Waals surface area contributed by atoms with Gasteiger partial charge in [-0.25, -0.2) is 9.97 Å². The smallest absolute Gasteiger partial charge is 0.189 e. The molecule has 0 bridgehead atoms. The first-order valence-electron chi connectivity index (χ1n) is 9.87. The SMILES string of the molecule is CCCSc1nc(Cl)c(N)c(CC[C@@H]2C[C@H](OCCO)[C@H]3OC(C)(C)O[C@@H]23)n1. The Kier molecular flexibility index (Phi) is 7.44. The number of aliphatic hydroxyl groups is 1. The molecule has 3 N–H and O–H groups in total. The largest absolute Gasteiger partial charge is 0.395 e. The van der Waals surface area contributed by atoms with Gasteiger partial charge >= 0.3 is 0 Å². The number of fused-ring (bicyclic) bond motifs is 1. The molecule has 1 aliphatic carbocycles. The number of ether oxygens (including phenoxy) is 3. The third kappa shape index (κ3) is 5.09. The molecule has 0 radical (unpaired) electrons. The van der Waals surface area contributed by atoms with E-state index < -0.39 is 5.79 Å². The van der Waals surface area contributed by atoms with Gasteiger partial charge < -0.3 is 25.1 Å². The van der Waals surface area contributed by atoms with Crippen LogP contribution in [-0.2, 0) is 20.6 Å². The summed E-state index contributed by atoms with van der Waals surface area (Å²) in [6.45, 7) is 6.26. The Hall–Kier alpha value is -0.640. The molecule has 1 saturated carbocycles. The van der Waals surface area contributed by atoms with Crippen LogP contribution >= 0.6 is 23.4 Å². The van der Waals surface area contributed by atoms with E-state index in [0.29, 0.717) is 29.0 Å². The molecular weight excluding hydrogens is 402 g/mol. The topological polar surface area (TPSA) is 99.7 Å². The number of nitrogens with two attached hydrogens (primary N) is 1. The van der Waals surface area contributed by atoms with Gasteiger partial charge in [-0.15, -0.1) is 0 Å². The number of aryl methyl sites for hydroxylation is 1. The Balaban J connectivity index is 1.69. The minimum absolute atomic E-state index is 0.00300. The summed E-state index contributed by atoms with van der Waals surface area (Å²) in [7, 11) is 0. The average molecular weight is 432 g/mol. The van der Waals surface area contributed by atoms with E-state index in [1.54, 1.807) is 11.8 Å². The molecule has 9 heteroatoms. The first-order valence-corrected chi connectivity index (χ1v) is 11.2. The second-order valence-electron chi connectivity index (χ2n) is 7.74. The molecular formula is C19H30ClN3O4S.